The molecule has 0 saturated carbocycles. The van der Waals surface area contributed by atoms with Crippen LogP contribution in [0.5, 0.6) is 0 Å². The summed E-state index contributed by atoms with van der Waals surface area (Å²) in [6.45, 7) is 35.8. The van der Waals surface area contributed by atoms with E-state index in [4.69, 9.17) is 4.99 Å². The van der Waals surface area contributed by atoms with Gasteiger partial charge in [-0.3, -0.25) is 4.99 Å². The lowest BCUT2D eigenvalue weighted by molar-refractivity contribution is 0.740. The molecule has 0 bridgehead atoms. The summed E-state index contributed by atoms with van der Waals surface area (Å²) in [7, 11) is 0. The van der Waals surface area contributed by atoms with Gasteiger partial charge in [-0.05, 0) is 96.9 Å². The van der Waals surface area contributed by atoms with Crippen LogP contribution in [0.4, 0.5) is 0 Å². The molecule has 1 unspecified atom stereocenters. The van der Waals surface area contributed by atoms with Crippen LogP contribution in [-0.2, 0) is 0 Å². The van der Waals surface area contributed by atoms with E-state index in [0.717, 1.165) is 17.7 Å². The number of thiophene rings is 1. The van der Waals surface area contributed by atoms with Gasteiger partial charge in [0.15, 0.2) is 0 Å². The SMILES string of the molecule is C=C(C)c1ccccc1.CC.CC.CCC.CCC(C)C(=NC(=C(C)C)c1ccc(C)cc1)c1ccccc1.Cc1c(-c2ccccc2C(C)C)sc2c3ccccc3c3ccccc3c12. The maximum Gasteiger partial charge on any atom is 0.0692 e. The van der Waals surface area contributed by atoms with E-state index < -0.39 is 0 Å². The van der Waals surface area contributed by atoms with E-state index >= 15 is 0 Å². The largest absolute Gasteiger partial charge is 0.252 e. The van der Waals surface area contributed by atoms with Gasteiger partial charge in [-0.15, -0.1) is 11.3 Å². The van der Waals surface area contributed by atoms with Crippen LogP contribution in [0.15, 0.2) is 175 Å². The smallest absolute Gasteiger partial charge is 0.0692 e. The zero-order valence-electron chi connectivity index (χ0n) is 43.1. The second kappa shape index (κ2) is 28.3. The van der Waals surface area contributed by atoms with Crippen molar-refractivity contribution in [3.05, 3.63) is 203 Å². The number of nitrogens with zero attached hydrogens (tertiary/aromatic N) is 1. The lowest BCUT2D eigenvalue weighted by Crippen LogP contribution is -2.12. The van der Waals surface area contributed by atoms with Crippen molar-refractivity contribution in [3.63, 3.8) is 0 Å². The third-order valence-electron chi connectivity index (χ3n) is 11.1. The number of hydrogen-bond donors (Lipinski definition) is 0. The zero-order valence-corrected chi connectivity index (χ0v) is 44.0. The molecule has 0 fully saturated rings. The average molecular weight is 894 g/mol. The van der Waals surface area contributed by atoms with Crippen LogP contribution in [0.1, 0.15) is 142 Å². The Morgan fingerprint density at radius 1 is 0.545 bits per heavy atom. The maximum absolute atomic E-state index is 5.11. The van der Waals surface area contributed by atoms with Crippen LogP contribution in [-0.4, -0.2) is 5.71 Å². The van der Waals surface area contributed by atoms with E-state index in [1.54, 1.807) is 0 Å². The second-order valence-electron chi connectivity index (χ2n) is 16.8. The molecule has 8 rings (SSSR count). The van der Waals surface area contributed by atoms with Gasteiger partial charge in [-0.25, -0.2) is 0 Å². The molecule has 8 aromatic rings. The Hall–Kier alpha value is -5.83. The molecule has 0 spiro atoms. The minimum Gasteiger partial charge on any atom is -0.252 e. The summed E-state index contributed by atoms with van der Waals surface area (Å²) >= 11 is 1.95. The van der Waals surface area contributed by atoms with Crippen molar-refractivity contribution in [2.45, 2.75) is 123 Å². The summed E-state index contributed by atoms with van der Waals surface area (Å²) in [5.41, 5.74) is 13.7. The van der Waals surface area contributed by atoms with E-state index in [1.807, 2.05) is 64.2 Å². The van der Waals surface area contributed by atoms with Crippen LogP contribution in [0, 0.1) is 19.8 Å². The fourth-order valence-corrected chi connectivity index (χ4v) is 9.03. The van der Waals surface area contributed by atoms with Crippen molar-refractivity contribution in [1.29, 1.82) is 0 Å². The highest BCUT2D eigenvalue weighted by molar-refractivity contribution is 7.23. The molecule has 2 heteroatoms. The molecule has 1 aromatic heterocycles. The number of fused-ring (bicyclic) bond motifs is 6. The minimum atomic E-state index is 0.428. The molecule has 0 aliphatic heterocycles. The lowest BCUT2D eigenvalue weighted by Gasteiger charge is -2.16. The molecule has 1 nitrogen and oxygen atoms in total. The molecule has 0 aliphatic carbocycles. The number of allylic oxidation sites excluding steroid dienone is 2. The molecule has 66 heavy (non-hydrogen) atoms. The molecule has 0 amide bonds. The predicted octanol–water partition coefficient (Wildman–Crippen LogP) is 20.8. The molecular weight excluding hydrogens is 815 g/mol. The first-order valence-electron chi connectivity index (χ1n) is 24.4. The topological polar surface area (TPSA) is 12.4 Å². The number of benzene rings is 7. The fourth-order valence-electron chi connectivity index (χ4n) is 7.62. The summed E-state index contributed by atoms with van der Waals surface area (Å²) in [5.74, 6) is 0.941. The summed E-state index contributed by atoms with van der Waals surface area (Å²) in [4.78, 5) is 6.53. The molecule has 346 valence electrons. The molecule has 1 heterocycles. The Morgan fingerprint density at radius 3 is 1.48 bits per heavy atom. The Labute approximate surface area is 405 Å². The quantitative estimate of drug-likeness (QED) is 0.106. The van der Waals surface area contributed by atoms with Gasteiger partial charge in [0.2, 0.25) is 0 Å². The number of aryl methyl sites for hydroxylation is 2. The van der Waals surface area contributed by atoms with Crippen LogP contribution in [0.25, 0.3) is 53.3 Å². The normalized spacial score (nSPS) is 11.0. The predicted molar refractivity (Wildman–Crippen MR) is 303 cm³/mol. The molecule has 1 atom stereocenters. The first kappa shape index (κ1) is 54.5. The van der Waals surface area contributed by atoms with Crippen LogP contribution in [0.2, 0.25) is 0 Å². The van der Waals surface area contributed by atoms with Crippen molar-refractivity contribution >= 4 is 59.9 Å². The molecule has 0 saturated heterocycles. The van der Waals surface area contributed by atoms with E-state index in [2.05, 4.69) is 215 Å². The molecule has 0 radical (unpaired) electrons. The lowest BCUT2D eigenvalue weighted by atomic mass is 9.93. The third-order valence-corrected chi connectivity index (χ3v) is 12.4. The van der Waals surface area contributed by atoms with Gasteiger partial charge in [0.05, 0.1) is 11.4 Å². The molecule has 0 aliphatic rings. The first-order chi connectivity index (χ1) is 31.9. The van der Waals surface area contributed by atoms with Gasteiger partial charge in [0.1, 0.15) is 0 Å². The number of rotatable bonds is 8. The summed E-state index contributed by atoms with van der Waals surface area (Å²) in [5, 5.41) is 6.86. The summed E-state index contributed by atoms with van der Waals surface area (Å²) < 4.78 is 1.41. The van der Waals surface area contributed by atoms with Crippen molar-refractivity contribution in [2.24, 2.45) is 10.9 Å². The second-order valence-corrected chi connectivity index (χ2v) is 17.9. The van der Waals surface area contributed by atoms with Crippen LogP contribution >= 0.6 is 11.3 Å². The van der Waals surface area contributed by atoms with Crippen LogP contribution < -0.4 is 0 Å². The van der Waals surface area contributed by atoms with Crippen molar-refractivity contribution < 1.29 is 0 Å². The third kappa shape index (κ3) is 14.3. The number of aliphatic imine (C=N–C) groups is 1. The van der Waals surface area contributed by atoms with Gasteiger partial charge in [-0.1, -0.05) is 257 Å². The van der Waals surface area contributed by atoms with Gasteiger partial charge < -0.3 is 0 Å². The summed E-state index contributed by atoms with van der Waals surface area (Å²) in [6, 6.07) is 55.9. The Kier molecular flexibility index (Phi) is 23.3. The Morgan fingerprint density at radius 2 is 1.00 bits per heavy atom. The van der Waals surface area contributed by atoms with E-state index in [-0.39, 0.29) is 0 Å². The van der Waals surface area contributed by atoms with E-state index in [1.165, 1.54) is 93.2 Å². The maximum atomic E-state index is 5.11. The average Bonchev–Trinajstić information content (AvgIpc) is 3.71. The van der Waals surface area contributed by atoms with Crippen molar-refractivity contribution in [3.8, 4) is 10.4 Å². The standard InChI is InChI=1S/C26H22S.C22H27N.C9H10.C3H8.2C2H6/c1-16(2)18-10-4-8-14-22(18)25-17(3)24-21-13-7-5-11-19(21)20-12-6-9-15-23(20)26(24)27-25;1-6-18(5)22(19-10-8-7-9-11-19)23-21(16(2)3)20-14-12-17(4)13-15-20;1-8(2)9-6-4-3-5-7-9;1-3-2;2*1-2/h4-16H,1-3H3;7-15,18H,6H2,1-5H3;3-7H,1H2,2H3;3H2,1-2H3;2*1-2H3. The van der Waals surface area contributed by atoms with Crippen molar-refractivity contribution in [1.82, 2.24) is 0 Å². The minimum absolute atomic E-state index is 0.428. The van der Waals surface area contributed by atoms with Gasteiger partial charge >= 0.3 is 0 Å². The molecule has 0 N–H and O–H groups in total. The Balaban J connectivity index is 0.000000268. The van der Waals surface area contributed by atoms with Crippen molar-refractivity contribution in [2.75, 3.05) is 0 Å². The van der Waals surface area contributed by atoms with Gasteiger partial charge in [-0.2, -0.15) is 0 Å². The van der Waals surface area contributed by atoms with E-state index in [9.17, 15) is 0 Å². The molecular formula is C64H79NS. The molecule has 7 aromatic carbocycles. The summed E-state index contributed by atoms with van der Waals surface area (Å²) in [6.07, 6.45) is 2.33. The monoisotopic (exact) mass is 894 g/mol. The number of hydrogen-bond acceptors (Lipinski definition) is 2. The highest BCUT2D eigenvalue weighted by atomic mass is 32.1. The Bertz CT molecular complexity index is 2740. The first-order valence-corrected chi connectivity index (χ1v) is 25.2. The highest BCUT2D eigenvalue weighted by Crippen LogP contribution is 2.47. The van der Waals surface area contributed by atoms with Crippen LogP contribution in [0.3, 0.4) is 0 Å². The van der Waals surface area contributed by atoms with Gasteiger partial charge in [0, 0.05) is 25.9 Å². The zero-order chi connectivity index (χ0) is 48.8. The van der Waals surface area contributed by atoms with Gasteiger partial charge in [0.25, 0.3) is 0 Å². The van der Waals surface area contributed by atoms with E-state index in [0.29, 0.717) is 11.8 Å². The highest BCUT2D eigenvalue weighted by Gasteiger charge is 2.19. The fraction of sp³-hybridized carbons (Fsp3) is 0.297.